The van der Waals surface area contributed by atoms with Gasteiger partial charge in [-0.15, -0.1) is 0 Å². The lowest BCUT2D eigenvalue weighted by molar-refractivity contribution is -0.131. The standard InChI is InChI=1S/C36H32N2O8/c1-3-46-28-17-19(12-15-27(28)39)30-23-13-14-24-29(33(42)37(31(24)40)22-11-7-8-20(16-22)34(43)44)25(23)18-26-32(41)38(35(45)36(26,30)2)21-9-5-4-6-10-21/h4-13,15-17,24-26,29-30,39H,3,14,18H2,1-2H3,(H,43,44). The number of anilines is 2. The Balaban J connectivity index is 1.36. The van der Waals surface area contributed by atoms with Crippen molar-refractivity contribution in [1.82, 2.24) is 0 Å². The highest BCUT2D eigenvalue weighted by Crippen LogP contribution is 2.64. The van der Waals surface area contributed by atoms with Gasteiger partial charge in [0.05, 0.1) is 46.7 Å². The van der Waals surface area contributed by atoms with E-state index in [9.17, 15) is 34.2 Å². The van der Waals surface area contributed by atoms with E-state index in [0.29, 0.717) is 17.9 Å². The Morgan fingerprint density at radius 2 is 1.63 bits per heavy atom. The molecule has 2 heterocycles. The molecule has 2 aliphatic carbocycles. The summed E-state index contributed by atoms with van der Waals surface area (Å²) in [6.07, 6.45) is 2.37. The van der Waals surface area contributed by atoms with Crippen molar-refractivity contribution in [3.8, 4) is 11.5 Å². The van der Waals surface area contributed by atoms with Crippen molar-refractivity contribution < 1.29 is 38.9 Å². The van der Waals surface area contributed by atoms with Crippen LogP contribution in [0.5, 0.6) is 11.5 Å². The van der Waals surface area contributed by atoms with Gasteiger partial charge in [0, 0.05) is 5.92 Å². The van der Waals surface area contributed by atoms with Crippen molar-refractivity contribution in [3.63, 3.8) is 0 Å². The molecule has 2 saturated heterocycles. The Bertz CT molecular complexity index is 1850. The Kier molecular flexibility index (Phi) is 6.84. The molecule has 4 amide bonds. The minimum absolute atomic E-state index is 0.0474. The minimum Gasteiger partial charge on any atom is -0.504 e. The second kappa shape index (κ2) is 10.7. The number of carbonyl (C=O) groups is 5. The first-order chi connectivity index (χ1) is 22.1. The van der Waals surface area contributed by atoms with Gasteiger partial charge in [-0.3, -0.25) is 24.1 Å². The summed E-state index contributed by atoms with van der Waals surface area (Å²) in [5.41, 5.74) is 0.815. The predicted molar refractivity (Wildman–Crippen MR) is 166 cm³/mol. The number of benzene rings is 3. The van der Waals surface area contributed by atoms with E-state index in [2.05, 4.69) is 0 Å². The smallest absolute Gasteiger partial charge is 0.335 e. The average Bonchev–Trinajstić information content (AvgIpc) is 3.42. The molecule has 4 aliphatic rings. The third kappa shape index (κ3) is 4.12. The van der Waals surface area contributed by atoms with Crippen LogP contribution < -0.4 is 14.5 Å². The lowest BCUT2D eigenvalue weighted by Crippen LogP contribution is -2.48. The fourth-order valence-electron chi connectivity index (χ4n) is 8.23. The Morgan fingerprint density at radius 3 is 2.35 bits per heavy atom. The van der Waals surface area contributed by atoms with Gasteiger partial charge in [0.2, 0.25) is 23.6 Å². The number of amides is 4. The van der Waals surface area contributed by atoms with E-state index in [0.717, 1.165) is 10.5 Å². The number of carboxylic acids is 1. The first-order valence-corrected chi connectivity index (χ1v) is 15.4. The molecule has 2 aliphatic heterocycles. The molecule has 0 aromatic heterocycles. The molecule has 1 saturated carbocycles. The molecule has 2 N–H and O–H groups in total. The van der Waals surface area contributed by atoms with E-state index in [1.807, 2.05) is 6.08 Å². The van der Waals surface area contributed by atoms with E-state index in [4.69, 9.17) is 4.74 Å². The molecule has 6 unspecified atom stereocenters. The van der Waals surface area contributed by atoms with Crippen LogP contribution in [-0.4, -0.2) is 46.4 Å². The maximum absolute atomic E-state index is 14.5. The minimum atomic E-state index is -1.23. The van der Waals surface area contributed by atoms with Crippen LogP contribution in [0.1, 0.15) is 48.5 Å². The maximum Gasteiger partial charge on any atom is 0.335 e. The maximum atomic E-state index is 14.5. The normalized spacial score (nSPS) is 28.5. The van der Waals surface area contributed by atoms with Gasteiger partial charge in [0.25, 0.3) is 0 Å². The van der Waals surface area contributed by atoms with Gasteiger partial charge in [0.15, 0.2) is 11.5 Å². The number of allylic oxidation sites excluding steroid dienone is 2. The van der Waals surface area contributed by atoms with Crippen molar-refractivity contribution in [2.24, 2.45) is 29.1 Å². The van der Waals surface area contributed by atoms with E-state index in [1.165, 1.54) is 35.2 Å². The van der Waals surface area contributed by atoms with Crippen LogP contribution in [0.15, 0.2) is 84.4 Å². The summed E-state index contributed by atoms with van der Waals surface area (Å²) in [7, 11) is 0. The van der Waals surface area contributed by atoms with Crippen LogP contribution in [0, 0.1) is 29.1 Å². The topological polar surface area (TPSA) is 142 Å². The highest BCUT2D eigenvalue weighted by molar-refractivity contribution is 6.25. The molecule has 10 nitrogen and oxygen atoms in total. The zero-order valence-electron chi connectivity index (χ0n) is 25.3. The summed E-state index contributed by atoms with van der Waals surface area (Å²) >= 11 is 0. The summed E-state index contributed by atoms with van der Waals surface area (Å²) in [4.78, 5) is 70.8. The highest BCUT2D eigenvalue weighted by Gasteiger charge is 2.67. The molecule has 10 heteroatoms. The third-order valence-electron chi connectivity index (χ3n) is 10.3. The Morgan fingerprint density at radius 1 is 0.891 bits per heavy atom. The van der Waals surface area contributed by atoms with Gasteiger partial charge < -0.3 is 14.9 Å². The zero-order valence-corrected chi connectivity index (χ0v) is 25.3. The van der Waals surface area contributed by atoms with Crippen LogP contribution >= 0.6 is 0 Å². The number of phenols is 1. The van der Waals surface area contributed by atoms with Gasteiger partial charge in [-0.2, -0.15) is 0 Å². The van der Waals surface area contributed by atoms with E-state index in [-0.39, 0.29) is 47.4 Å². The number of aromatic carboxylic acids is 1. The number of imide groups is 2. The summed E-state index contributed by atoms with van der Waals surface area (Å²) in [5.74, 6) is -6.08. The van der Waals surface area contributed by atoms with Crippen molar-refractivity contribution in [2.75, 3.05) is 16.4 Å². The molecule has 0 spiro atoms. The summed E-state index contributed by atoms with van der Waals surface area (Å²) in [6, 6.07) is 19.4. The average molecular weight is 621 g/mol. The van der Waals surface area contributed by atoms with E-state index < -0.39 is 52.8 Å². The Labute approximate surface area is 264 Å². The first-order valence-electron chi connectivity index (χ1n) is 15.4. The van der Waals surface area contributed by atoms with Crippen molar-refractivity contribution in [2.45, 2.75) is 32.6 Å². The molecule has 6 atom stereocenters. The third-order valence-corrected chi connectivity index (χ3v) is 10.3. The van der Waals surface area contributed by atoms with Crippen molar-refractivity contribution in [1.29, 1.82) is 0 Å². The summed E-state index contributed by atoms with van der Waals surface area (Å²) < 4.78 is 5.70. The summed E-state index contributed by atoms with van der Waals surface area (Å²) in [6.45, 7) is 3.89. The largest absolute Gasteiger partial charge is 0.504 e. The first kappa shape index (κ1) is 29.5. The zero-order chi connectivity index (χ0) is 32.5. The van der Waals surface area contributed by atoms with Crippen LogP contribution in [0.25, 0.3) is 0 Å². The fourth-order valence-corrected chi connectivity index (χ4v) is 8.23. The predicted octanol–water partition coefficient (Wildman–Crippen LogP) is 4.92. The number of aromatic hydroxyl groups is 1. The summed E-state index contributed by atoms with van der Waals surface area (Å²) in [5, 5.41) is 20.0. The lowest BCUT2D eigenvalue weighted by atomic mass is 9.51. The molecule has 3 aromatic rings. The number of para-hydroxylation sites is 1. The molecular formula is C36H32N2O8. The number of fused-ring (bicyclic) bond motifs is 4. The van der Waals surface area contributed by atoms with Crippen LogP contribution in [0.3, 0.4) is 0 Å². The lowest BCUT2D eigenvalue weighted by Gasteiger charge is -2.49. The van der Waals surface area contributed by atoms with Gasteiger partial charge >= 0.3 is 5.97 Å². The number of hydrogen-bond acceptors (Lipinski definition) is 7. The second-order valence-electron chi connectivity index (χ2n) is 12.5. The quantitative estimate of drug-likeness (QED) is 0.292. The number of nitrogens with zero attached hydrogens (tertiary/aromatic N) is 2. The fraction of sp³-hybridized carbons (Fsp3) is 0.306. The van der Waals surface area contributed by atoms with Gasteiger partial charge in [-0.05, 0) is 80.6 Å². The molecule has 3 aromatic carbocycles. The van der Waals surface area contributed by atoms with E-state index in [1.54, 1.807) is 56.3 Å². The number of phenolic OH excluding ortho intramolecular Hbond substituents is 1. The van der Waals surface area contributed by atoms with Crippen LogP contribution in [0.4, 0.5) is 11.4 Å². The molecule has 3 fully saturated rings. The van der Waals surface area contributed by atoms with Gasteiger partial charge in [0.1, 0.15) is 0 Å². The number of hydrogen-bond donors (Lipinski definition) is 2. The number of carbonyl (C=O) groups excluding carboxylic acids is 4. The SMILES string of the molecule is CCOc1cc(C2C3=CCC4C(=O)N(c5cccc(C(=O)O)c5)C(=O)C4C3CC3C(=O)N(c4ccccc4)C(=O)C32C)ccc1O. The van der Waals surface area contributed by atoms with Crippen LogP contribution in [0.2, 0.25) is 0 Å². The molecule has 0 radical (unpaired) electrons. The van der Waals surface area contributed by atoms with Crippen LogP contribution in [-0.2, 0) is 19.2 Å². The van der Waals surface area contributed by atoms with Crippen molar-refractivity contribution in [3.05, 3.63) is 95.6 Å². The second-order valence-corrected chi connectivity index (χ2v) is 12.5. The highest BCUT2D eigenvalue weighted by atomic mass is 16.5. The number of carboxylic acid groups (broad SMARTS) is 1. The van der Waals surface area contributed by atoms with Gasteiger partial charge in [-0.1, -0.05) is 42.0 Å². The van der Waals surface area contributed by atoms with Gasteiger partial charge in [-0.25, -0.2) is 9.69 Å². The Hall–Kier alpha value is -5.25. The van der Waals surface area contributed by atoms with E-state index >= 15 is 0 Å². The number of rotatable bonds is 6. The molecule has 234 valence electrons. The van der Waals surface area contributed by atoms with Crippen molar-refractivity contribution >= 4 is 41.0 Å². The molecular weight excluding hydrogens is 588 g/mol. The molecule has 0 bridgehead atoms. The molecule has 46 heavy (non-hydrogen) atoms. The number of ether oxygens (including phenoxy) is 1. The molecule has 7 rings (SSSR count). The monoisotopic (exact) mass is 620 g/mol.